The van der Waals surface area contributed by atoms with E-state index in [0.29, 0.717) is 5.69 Å². The molecular weight excluding hydrogens is 456 g/mol. The van der Waals surface area contributed by atoms with Gasteiger partial charge in [-0.15, -0.1) is 5.10 Å². The van der Waals surface area contributed by atoms with E-state index in [2.05, 4.69) is 20.7 Å². The van der Waals surface area contributed by atoms with E-state index >= 15 is 8.78 Å². The number of carbonyl (C=O) groups is 3. The molecule has 0 bridgehead atoms. The smallest absolute Gasteiger partial charge is 0.414 e. The van der Waals surface area contributed by atoms with Gasteiger partial charge in [-0.1, -0.05) is 5.21 Å². The SMILES string of the molecule is CC(=O)NC[C@H]1CN(c2cc(F)c(N3CCON(C(=O)Cc4c[nH]nn4)CC3)c(F)c2)C(=O)O1. The first-order valence-electron chi connectivity index (χ1n) is 10.6. The molecule has 1 aromatic carbocycles. The van der Waals surface area contributed by atoms with Gasteiger partial charge in [-0.25, -0.2) is 18.6 Å². The highest BCUT2D eigenvalue weighted by Gasteiger charge is 2.34. The summed E-state index contributed by atoms with van der Waals surface area (Å²) in [5.74, 6) is -2.37. The second-order valence-corrected chi connectivity index (χ2v) is 7.77. The standard InChI is InChI=1S/C20H23F2N7O5/c1-12(30)23-10-15-11-28(20(32)34-15)14-7-16(21)19(17(22)8-14)27-2-3-29(33-5-4-27)18(31)6-13-9-24-26-25-13/h7-9,15H,2-6,10-11H2,1H3,(H,23,30)(H,24,25,26)/t15-/m0/s1. The Morgan fingerprint density at radius 2 is 2.00 bits per heavy atom. The predicted molar refractivity (Wildman–Crippen MR) is 113 cm³/mol. The van der Waals surface area contributed by atoms with Gasteiger partial charge in [0, 0.05) is 38.3 Å². The van der Waals surface area contributed by atoms with Crippen molar-refractivity contribution >= 4 is 29.3 Å². The minimum Gasteiger partial charge on any atom is -0.442 e. The molecule has 2 aliphatic heterocycles. The van der Waals surface area contributed by atoms with Crippen LogP contribution in [0.15, 0.2) is 18.3 Å². The maximum absolute atomic E-state index is 15.0. The number of cyclic esters (lactones) is 1. The fourth-order valence-corrected chi connectivity index (χ4v) is 3.73. The summed E-state index contributed by atoms with van der Waals surface area (Å²) >= 11 is 0. The van der Waals surface area contributed by atoms with Crippen molar-refractivity contribution in [1.29, 1.82) is 0 Å². The summed E-state index contributed by atoms with van der Waals surface area (Å²) in [5.41, 5.74) is 0.173. The minimum absolute atomic E-state index is 0.00423. The number of rotatable bonds is 6. The van der Waals surface area contributed by atoms with Gasteiger partial charge in [0.25, 0.3) is 5.91 Å². The van der Waals surface area contributed by atoms with E-state index in [1.165, 1.54) is 18.0 Å². The van der Waals surface area contributed by atoms with Gasteiger partial charge in [0.15, 0.2) is 11.6 Å². The van der Waals surface area contributed by atoms with E-state index in [0.717, 1.165) is 22.1 Å². The number of nitrogens with zero attached hydrogens (tertiary/aromatic N) is 5. The normalized spacial score (nSPS) is 18.6. The molecule has 2 saturated heterocycles. The second-order valence-electron chi connectivity index (χ2n) is 7.77. The molecule has 3 amide bonds. The first-order valence-corrected chi connectivity index (χ1v) is 10.6. The molecular formula is C20H23F2N7O5. The molecule has 2 aromatic rings. The molecule has 3 heterocycles. The number of carbonyl (C=O) groups excluding carboxylic acids is 3. The van der Waals surface area contributed by atoms with Gasteiger partial charge in [-0.2, -0.15) is 0 Å². The number of hydrogen-bond acceptors (Lipinski definition) is 8. The second kappa shape index (κ2) is 9.99. The molecule has 2 aliphatic rings. The Morgan fingerprint density at radius 1 is 1.24 bits per heavy atom. The Kier molecular flexibility index (Phi) is 6.86. The number of amides is 3. The number of ether oxygens (including phenoxy) is 1. The highest BCUT2D eigenvalue weighted by atomic mass is 19.1. The van der Waals surface area contributed by atoms with E-state index in [9.17, 15) is 14.4 Å². The molecule has 2 fully saturated rings. The molecule has 0 saturated carbocycles. The maximum atomic E-state index is 15.0. The molecule has 0 unspecified atom stereocenters. The van der Waals surface area contributed by atoms with Crippen LogP contribution >= 0.6 is 0 Å². The molecule has 0 aliphatic carbocycles. The number of H-pyrrole nitrogens is 1. The molecule has 0 spiro atoms. The number of halogens is 2. The third kappa shape index (κ3) is 5.22. The largest absolute Gasteiger partial charge is 0.442 e. The summed E-state index contributed by atoms with van der Waals surface area (Å²) in [4.78, 5) is 43.6. The van der Waals surface area contributed by atoms with Crippen molar-refractivity contribution in [2.24, 2.45) is 0 Å². The Balaban J connectivity index is 1.42. The van der Waals surface area contributed by atoms with Crippen molar-refractivity contribution in [1.82, 2.24) is 25.8 Å². The fraction of sp³-hybridized carbons (Fsp3) is 0.450. The van der Waals surface area contributed by atoms with Crippen LogP contribution in [-0.4, -0.2) is 83.8 Å². The van der Waals surface area contributed by atoms with E-state index in [1.54, 1.807) is 0 Å². The fourth-order valence-electron chi connectivity index (χ4n) is 3.73. The molecule has 1 aromatic heterocycles. The topological polar surface area (TPSA) is 133 Å². The number of hydrogen-bond donors (Lipinski definition) is 2. The Labute approximate surface area is 192 Å². The first-order chi connectivity index (χ1) is 16.3. The van der Waals surface area contributed by atoms with Crippen LogP contribution in [0.5, 0.6) is 0 Å². The van der Waals surface area contributed by atoms with Gasteiger partial charge in [0.1, 0.15) is 11.8 Å². The number of hydroxylamine groups is 2. The number of aromatic amines is 1. The summed E-state index contributed by atoms with van der Waals surface area (Å²) in [7, 11) is 0. The van der Waals surface area contributed by atoms with Crippen molar-refractivity contribution in [3.05, 3.63) is 35.7 Å². The van der Waals surface area contributed by atoms with Gasteiger partial charge in [0.05, 0.1) is 44.0 Å². The van der Waals surface area contributed by atoms with Crippen LogP contribution in [0.1, 0.15) is 12.6 Å². The van der Waals surface area contributed by atoms with Crippen molar-refractivity contribution in [3.8, 4) is 0 Å². The lowest BCUT2D eigenvalue weighted by Gasteiger charge is -2.24. The van der Waals surface area contributed by atoms with Crippen LogP contribution < -0.4 is 15.1 Å². The molecule has 0 radical (unpaired) electrons. The molecule has 4 rings (SSSR count). The van der Waals surface area contributed by atoms with Crippen LogP contribution in [0, 0.1) is 11.6 Å². The van der Waals surface area contributed by atoms with E-state index in [-0.39, 0.29) is 68.9 Å². The van der Waals surface area contributed by atoms with Crippen LogP contribution in [0.3, 0.4) is 0 Å². The predicted octanol–water partition coefficient (Wildman–Crippen LogP) is 0.367. The lowest BCUT2D eigenvalue weighted by atomic mass is 10.2. The van der Waals surface area contributed by atoms with E-state index in [4.69, 9.17) is 9.57 Å². The van der Waals surface area contributed by atoms with Gasteiger partial charge in [-0.3, -0.25) is 24.4 Å². The average molecular weight is 479 g/mol. The van der Waals surface area contributed by atoms with Crippen molar-refractivity contribution in [3.63, 3.8) is 0 Å². The molecule has 12 nitrogen and oxygen atoms in total. The van der Waals surface area contributed by atoms with Gasteiger partial charge >= 0.3 is 6.09 Å². The molecule has 2 N–H and O–H groups in total. The number of nitrogens with one attached hydrogen (secondary N) is 2. The van der Waals surface area contributed by atoms with Crippen LogP contribution in [0.4, 0.5) is 25.0 Å². The number of anilines is 2. The minimum atomic E-state index is -0.865. The third-order valence-electron chi connectivity index (χ3n) is 5.34. The van der Waals surface area contributed by atoms with Crippen LogP contribution in [-0.2, 0) is 25.6 Å². The summed E-state index contributed by atoms with van der Waals surface area (Å²) < 4.78 is 35.2. The van der Waals surface area contributed by atoms with E-state index < -0.39 is 23.8 Å². The monoisotopic (exact) mass is 479 g/mol. The maximum Gasteiger partial charge on any atom is 0.414 e. The van der Waals surface area contributed by atoms with Gasteiger partial charge in [-0.05, 0) is 0 Å². The zero-order chi connectivity index (χ0) is 24.2. The van der Waals surface area contributed by atoms with Crippen molar-refractivity contribution in [2.45, 2.75) is 19.4 Å². The summed E-state index contributed by atoms with van der Waals surface area (Å²) in [5, 5.41) is 13.5. The quantitative estimate of drug-likeness (QED) is 0.607. The molecule has 182 valence electrons. The lowest BCUT2D eigenvalue weighted by molar-refractivity contribution is -0.181. The molecule has 34 heavy (non-hydrogen) atoms. The third-order valence-corrected chi connectivity index (χ3v) is 5.34. The van der Waals surface area contributed by atoms with Crippen molar-refractivity contribution in [2.75, 3.05) is 49.1 Å². The van der Waals surface area contributed by atoms with Gasteiger partial charge < -0.3 is 15.0 Å². The Hall–Kier alpha value is -3.81. The Morgan fingerprint density at radius 3 is 2.68 bits per heavy atom. The highest BCUT2D eigenvalue weighted by molar-refractivity contribution is 5.90. The summed E-state index contributed by atoms with van der Waals surface area (Å²) in [6.07, 6.45) is 0.0760. The van der Waals surface area contributed by atoms with Crippen LogP contribution in [0.2, 0.25) is 0 Å². The summed E-state index contributed by atoms with van der Waals surface area (Å²) in [6, 6.07) is 2.11. The zero-order valence-corrected chi connectivity index (χ0v) is 18.3. The molecule has 14 heteroatoms. The number of benzene rings is 1. The Bertz CT molecular complexity index is 1040. The zero-order valence-electron chi connectivity index (χ0n) is 18.3. The lowest BCUT2D eigenvalue weighted by Crippen LogP contribution is -2.36. The summed E-state index contributed by atoms with van der Waals surface area (Å²) in [6.45, 7) is 1.86. The molecule has 1 atom stereocenters. The van der Waals surface area contributed by atoms with Gasteiger partial charge in [0.2, 0.25) is 5.91 Å². The highest BCUT2D eigenvalue weighted by Crippen LogP contribution is 2.31. The van der Waals surface area contributed by atoms with E-state index in [1.807, 2.05) is 0 Å². The average Bonchev–Trinajstić information content (AvgIpc) is 3.35. The first kappa shape index (κ1) is 23.4. The van der Waals surface area contributed by atoms with Crippen molar-refractivity contribution < 1.29 is 32.7 Å². The van der Waals surface area contributed by atoms with Crippen LogP contribution in [0.25, 0.3) is 0 Å². The number of aromatic nitrogens is 3.